The van der Waals surface area contributed by atoms with Crippen molar-refractivity contribution < 1.29 is 4.21 Å². The maximum Gasteiger partial charge on any atom is 0.197 e. The zero-order chi connectivity index (χ0) is 13.2. The number of rotatable bonds is 3. The van der Waals surface area contributed by atoms with Crippen LogP contribution >= 0.6 is 11.6 Å². The van der Waals surface area contributed by atoms with E-state index < -0.39 is 10.8 Å². The molecule has 0 amide bonds. The molecule has 0 fully saturated rings. The van der Waals surface area contributed by atoms with E-state index in [1.807, 2.05) is 42.5 Å². The molecule has 0 aliphatic rings. The van der Waals surface area contributed by atoms with Crippen molar-refractivity contribution in [1.29, 1.82) is 0 Å². The first-order chi connectivity index (χ1) is 9.24. The van der Waals surface area contributed by atoms with Crippen LogP contribution in [0.3, 0.4) is 0 Å². The smallest absolute Gasteiger partial charge is 0.197 e. The van der Waals surface area contributed by atoms with E-state index >= 15 is 0 Å². The van der Waals surface area contributed by atoms with Gasteiger partial charge in [-0.1, -0.05) is 41.9 Å². The van der Waals surface area contributed by atoms with Gasteiger partial charge in [-0.05, 0) is 23.8 Å². The highest BCUT2D eigenvalue weighted by atomic mass is 35.5. The minimum absolute atomic E-state index is 0.361. The summed E-state index contributed by atoms with van der Waals surface area (Å²) in [5.41, 5.74) is 2.58. The Hall–Kier alpha value is -1.65. The molecule has 0 saturated heterocycles. The molecular weight excluding hydrogens is 280 g/mol. The van der Waals surface area contributed by atoms with E-state index in [9.17, 15) is 4.21 Å². The number of nitrogens with zero attached hydrogens (tertiary/aromatic N) is 1. The van der Waals surface area contributed by atoms with Crippen molar-refractivity contribution in [3.05, 3.63) is 59.1 Å². The highest BCUT2D eigenvalue weighted by molar-refractivity contribution is 7.84. The van der Waals surface area contributed by atoms with Crippen molar-refractivity contribution in [3.63, 3.8) is 0 Å². The highest BCUT2D eigenvalue weighted by Crippen LogP contribution is 2.20. The third kappa shape index (κ3) is 2.55. The maximum absolute atomic E-state index is 12.3. The molecule has 1 aromatic heterocycles. The van der Waals surface area contributed by atoms with Crippen molar-refractivity contribution in [2.45, 2.75) is 10.9 Å². The fraction of sp³-hybridized carbons (Fsp3) is 0.0714. The number of aromatic nitrogens is 2. The molecule has 0 spiro atoms. The predicted molar refractivity (Wildman–Crippen MR) is 77.7 cm³/mol. The zero-order valence-corrected chi connectivity index (χ0v) is 11.5. The number of hydrogen-bond donors (Lipinski definition) is 1. The molecule has 19 heavy (non-hydrogen) atoms. The van der Waals surface area contributed by atoms with Crippen LogP contribution < -0.4 is 0 Å². The van der Waals surface area contributed by atoms with Gasteiger partial charge >= 0.3 is 0 Å². The van der Waals surface area contributed by atoms with Gasteiger partial charge in [0.1, 0.15) is 0 Å². The second-order valence-electron chi connectivity index (χ2n) is 4.14. The minimum atomic E-state index is -1.23. The minimum Gasteiger partial charge on any atom is -0.331 e. The largest absolute Gasteiger partial charge is 0.331 e. The molecular formula is C14H11ClN2OS. The molecule has 0 bridgehead atoms. The summed E-state index contributed by atoms with van der Waals surface area (Å²) in [5.74, 6) is 0.361. The van der Waals surface area contributed by atoms with Crippen molar-refractivity contribution >= 4 is 33.4 Å². The standard InChI is InChI=1S/C14H11ClN2OS/c15-11-6-2-1-5-10(11)9-19(18)14-16-12-7-3-4-8-13(12)17-14/h1-8H,9H2,(H,16,17). The Labute approximate surface area is 118 Å². The van der Waals surface area contributed by atoms with Crippen molar-refractivity contribution in [3.8, 4) is 0 Å². The van der Waals surface area contributed by atoms with Gasteiger partial charge in [0.25, 0.3) is 0 Å². The average Bonchev–Trinajstić information content (AvgIpc) is 2.85. The number of fused-ring (bicyclic) bond motifs is 1. The lowest BCUT2D eigenvalue weighted by molar-refractivity contribution is 0.677. The molecule has 3 rings (SSSR count). The van der Waals surface area contributed by atoms with Gasteiger partial charge in [0.05, 0.1) is 27.6 Å². The fourth-order valence-electron chi connectivity index (χ4n) is 1.86. The van der Waals surface area contributed by atoms with E-state index in [-0.39, 0.29) is 0 Å². The monoisotopic (exact) mass is 290 g/mol. The third-order valence-electron chi connectivity index (χ3n) is 2.83. The fourth-order valence-corrected chi connectivity index (χ4v) is 3.24. The molecule has 3 aromatic rings. The van der Waals surface area contributed by atoms with Crippen LogP contribution in [0.1, 0.15) is 5.56 Å². The van der Waals surface area contributed by atoms with Crippen molar-refractivity contribution in [2.24, 2.45) is 0 Å². The number of halogens is 1. The summed E-state index contributed by atoms with van der Waals surface area (Å²) in [5, 5.41) is 1.12. The van der Waals surface area contributed by atoms with Crippen LogP contribution in [0.2, 0.25) is 5.02 Å². The number of para-hydroxylation sites is 2. The van der Waals surface area contributed by atoms with Gasteiger partial charge in [0.2, 0.25) is 0 Å². The van der Waals surface area contributed by atoms with Crippen LogP contribution in [0.15, 0.2) is 53.7 Å². The quantitative estimate of drug-likeness (QED) is 0.802. The Morgan fingerprint density at radius 2 is 1.84 bits per heavy atom. The van der Waals surface area contributed by atoms with Crippen molar-refractivity contribution in [1.82, 2.24) is 9.97 Å². The van der Waals surface area contributed by atoms with E-state index in [1.54, 1.807) is 6.07 Å². The molecule has 0 aliphatic heterocycles. The number of H-pyrrole nitrogens is 1. The Balaban J connectivity index is 1.90. The molecule has 3 nitrogen and oxygen atoms in total. The molecule has 1 atom stereocenters. The van der Waals surface area contributed by atoms with Gasteiger partial charge in [-0.25, -0.2) is 4.98 Å². The summed E-state index contributed by atoms with van der Waals surface area (Å²) in [6, 6.07) is 15.0. The molecule has 0 radical (unpaired) electrons. The van der Waals surface area contributed by atoms with Crippen LogP contribution in [0.5, 0.6) is 0 Å². The van der Waals surface area contributed by atoms with E-state index in [0.717, 1.165) is 16.6 Å². The van der Waals surface area contributed by atoms with Gasteiger partial charge in [-0.15, -0.1) is 0 Å². The maximum atomic E-state index is 12.3. The van der Waals surface area contributed by atoms with Crippen LogP contribution in [0.4, 0.5) is 0 Å². The first-order valence-electron chi connectivity index (χ1n) is 5.80. The average molecular weight is 291 g/mol. The SMILES string of the molecule is O=S(Cc1ccccc1Cl)c1nc2ccccc2[nH]1. The summed E-state index contributed by atoms with van der Waals surface area (Å²) in [6.45, 7) is 0. The number of hydrogen-bond acceptors (Lipinski definition) is 2. The lowest BCUT2D eigenvalue weighted by Gasteiger charge is -2.01. The number of benzene rings is 2. The van der Waals surface area contributed by atoms with E-state index in [4.69, 9.17) is 11.6 Å². The second kappa shape index (κ2) is 5.15. The first-order valence-corrected chi connectivity index (χ1v) is 7.50. The summed E-state index contributed by atoms with van der Waals surface area (Å²) in [4.78, 5) is 7.42. The van der Waals surface area contributed by atoms with Gasteiger partial charge in [0.15, 0.2) is 5.16 Å². The zero-order valence-electron chi connectivity index (χ0n) is 9.97. The van der Waals surface area contributed by atoms with Crippen LogP contribution in [-0.2, 0) is 16.6 Å². The Morgan fingerprint density at radius 3 is 2.63 bits per heavy atom. The van der Waals surface area contributed by atoms with E-state index in [0.29, 0.717) is 15.9 Å². The molecule has 96 valence electrons. The van der Waals surface area contributed by atoms with Crippen LogP contribution in [0, 0.1) is 0 Å². The second-order valence-corrected chi connectivity index (χ2v) is 5.91. The number of aromatic amines is 1. The topological polar surface area (TPSA) is 45.8 Å². The van der Waals surface area contributed by atoms with Gasteiger partial charge in [-0.3, -0.25) is 4.21 Å². The summed E-state index contributed by atoms with van der Waals surface area (Å²) in [6.07, 6.45) is 0. The van der Waals surface area contributed by atoms with Crippen LogP contribution in [-0.4, -0.2) is 14.2 Å². The van der Waals surface area contributed by atoms with Gasteiger partial charge in [-0.2, -0.15) is 0 Å². The highest BCUT2D eigenvalue weighted by Gasteiger charge is 2.11. The van der Waals surface area contributed by atoms with Gasteiger partial charge in [0, 0.05) is 5.02 Å². The predicted octanol–water partition coefficient (Wildman–Crippen LogP) is 3.52. The summed E-state index contributed by atoms with van der Waals surface area (Å²) >= 11 is 6.07. The number of nitrogens with one attached hydrogen (secondary N) is 1. The Morgan fingerprint density at radius 1 is 1.11 bits per heavy atom. The van der Waals surface area contributed by atoms with Gasteiger partial charge < -0.3 is 4.98 Å². The molecule has 0 aliphatic carbocycles. The molecule has 2 aromatic carbocycles. The lowest BCUT2D eigenvalue weighted by Crippen LogP contribution is -1.99. The van der Waals surface area contributed by atoms with E-state index in [2.05, 4.69) is 9.97 Å². The number of imidazole rings is 1. The molecule has 1 unspecified atom stereocenters. The third-order valence-corrected chi connectivity index (χ3v) is 4.39. The molecule has 5 heteroatoms. The molecule has 1 heterocycles. The Bertz CT molecular complexity index is 721. The molecule has 1 N–H and O–H groups in total. The summed E-state index contributed by atoms with van der Waals surface area (Å²) in [7, 11) is -1.23. The van der Waals surface area contributed by atoms with Crippen molar-refractivity contribution in [2.75, 3.05) is 0 Å². The lowest BCUT2D eigenvalue weighted by atomic mass is 10.2. The molecule has 0 saturated carbocycles. The van der Waals surface area contributed by atoms with E-state index in [1.165, 1.54) is 0 Å². The Kier molecular flexibility index (Phi) is 3.36. The first kappa shape index (κ1) is 12.4. The van der Waals surface area contributed by atoms with Crippen LogP contribution in [0.25, 0.3) is 11.0 Å². The normalized spacial score (nSPS) is 12.7. The summed E-state index contributed by atoms with van der Waals surface area (Å²) < 4.78 is 12.3.